The molecule has 23 heavy (non-hydrogen) atoms. The fourth-order valence-electron chi connectivity index (χ4n) is 2.28. The fourth-order valence-corrected chi connectivity index (χ4v) is 2.28. The van der Waals surface area contributed by atoms with Crippen LogP contribution in [0.3, 0.4) is 0 Å². The van der Waals surface area contributed by atoms with Crippen molar-refractivity contribution in [1.82, 2.24) is 15.1 Å². The quantitative estimate of drug-likeness (QED) is 0.832. The van der Waals surface area contributed by atoms with Crippen molar-refractivity contribution in [3.63, 3.8) is 0 Å². The van der Waals surface area contributed by atoms with Gasteiger partial charge in [-0.05, 0) is 26.3 Å². The molecule has 0 saturated heterocycles. The van der Waals surface area contributed by atoms with Crippen LogP contribution in [0.1, 0.15) is 26.7 Å². The SMILES string of the molecule is CC(C)(CCC(=O)O)NC(=O)Cn1ncc2ccccc2c1=O. The monoisotopic (exact) mass is 317 g/mol. The van der Waals surface area contributed by atoms with E-state index < -0.39 is 11.5 Å². The average molecular weight is 317 g/mol. The summed E-state index contributed by atoms with van der Waals surface area (Å²) in [5.74, 6) is -1.30. The van der Waals surface area contributed by atoms with Crippen molar-refractivity contribution in [2.75, 3.05) is 0 Å². The minimum Gasteiger partial charge on any atom is -0.481 e. The molecular weight excluding hydrogens is 298 g/mol. The highest BCUT2D eigenvalue weighted by molar-refractivity contribution is 5.81. The zero-order valence-corrected chi connectivity index (χ0v) is 13.1. The van der Waals surface area contributed by atoms with Gasteiger partial charge in [0.1, 0.15) is 6.54 Å². The van der Waals surface area contributed by atoms with Crippen LogP contribution in [0, 0.1) is 0 Å². The molecule has 1 heterocycles. The Bertz CT molecular complexity index is 795. The molecule has 0 radical (unpaired) electrons. The maximum Gasteiger partial charge on any atom is 0.303 e. The summed E-state index contributed by atoms with van der Waals surface area (Å²) in [5.41, 5.74) is -1.00. The number of rotatable bonds is 6. The Kier molecular flexibility index (Phi) is 4.78. The summed E-state index contributed by atoms with van der Waals surface area (Å²) in [4.78, 5) is 35.0. The van der Waals surface area contributed by atoms with E-state index in [9.17, 15) is 14.4 Å². The Balaban J connectivity index is 2.10. The molecule has 0 bridgehead atoms. The highest BCUT2D eigenvalue weighted by Gasteiger charge is 2.22. The zero-order chi connectivity index (χ0) is 17.0. The summed E-state index contributed by atoms with van der Waals surface area (Å²) in [5, 5.41) is 16.7. The van der Waals surface area contributed by atoms with Gasteiger partial charge in [-0.1, -0.05) is 18.2 Å². The number of hydrogen-bond donors (Lipinski definition) is 2. The van der Waals surface area contributed by atoms with Gasteiger partial charge >= 0.3 is 5.97 Å². The summed E-state index contributed by atoms with van der Waals surface area (Å²) in [6, 6.07) is 7.03. The molecule has 1 amide bonds. The molecule has 2 aromatic rings. The number of carbonyl (C=O) groups excluding carboxylic acids is 1. The van der Waals surface area contributed by atoms with E-state index in [2.05, 4.69) is 10.4 Å². The lowest BCUT2D eigenvalue weighted by molar-refractivity contribution is -0.137. The van der Waals surface area contributed by atoms with Gasteiger partial charge in [0.2, 0.25) is 5.91 Å². The highest BCUT2D eigenvalue weighted by atomic mass is 16.4. The topological polar surface area (TPSA) is 101 Å². The lowest BCUT2D eigenvalue weighted by atomic mass is 9.98. The molecular formula is C16H19N3O4. The minimum atomic E-state index is -0.917. The third-order valence-corrected chi connectivity index (χ3v) is 3.50. The number of amides is 1. The Morgan fingerprint density at radius 1 is 1.30 bits per heavy atom. The van der Waals surface area contributed by atoms with Crippen LogP contribution in [-0.4, -0.2) is 32.3 Å². The summed E-state index contributed by atoms with van der Waals surface area (Å²) in [6.45, 7) is 3.27. The number of fused-ring (bicyclic) bond motifs is 1. The molecule has 0 atom stereocenters. The summed E-state index contributed by atoms with van der Waals surface area (Å²) < 4.78 is 1.10. The first-order chi connectivity index (χ1) is 10.8. The van der Waals surface area contributed by atoms with Crippen LogP contribution in [0.15, 0.2) is 35.3 Å². The molecule has 0 unspecified atom stereocenters. The van der Waals surface area contributed by atoms with Crippen LogP contribution in [0.2, 0.25) is 0 Å². The Morgan fingerprint density at radius 2 is 2.00 bits per heavy atom. The van der Waals surface area contributed by atoms with Crippen molar-refractivity contribution >= 4 is 22.6 Å². The standard InChI is InChI=1S/C16H19N3O4/c1-16(2,8-7-14(21)22)18-13(20)10-19-15(23)12-6-4-3-5-11(12)9-17-19/h3-6,9H,7-8,10H2,1-2H3,(H,18,20)(H,21,22). The first-order valence-corrected chi connectivity index (χ1v) is 7.26. The number of hydrogen-bond acceptors (Lipinski definition) is 4. The van der Waals surface area contributed by atoms with E-state index in [1.807, 2.05) is 6.07 Å². The summed E-state index contributed by atoms with van der Waals surface area (Å²) in [7, 11) is 0. The molecule has 0 saturated carbocycles. The van der Waals surface area contributed by atoms with Crippen molar-refractivity contribution in [2.24, 2.45) is 0 Å². The van der Waals surface area contributed by atoms with Gasteiger partial charge in [0, 0.05) is 17.3 Å². The first kappa shape index (κ1) is 16.7. The predicted octanol–water partition coefficient (Wildman–Crippen LogP) is 1.16. The van der Waals surface area contributed by atoms with E-state index in [1.165, 1.54) is 0 Å². The van der Waals surface area contributed by atoms with Gasteiger partial charge in [0.05, 0.1) is 11.6 Å². The molecule has 7 nitrogen and oxygen atoms in total. The number of nitrogens with one attached hydrogen (secondary N) is 1. The molecule has 1 aromatic heterocycles. The third-order valence-electron chi connectivity index (χ3n) is 3.50. The second-order valence-electron chi connectivity index (χ2n) is 6.02. The average Bonchev–Trinajstić information content (AvgIpc) is 2.48. The number of benzene rings is 1. The van der Waals surface area contributed by atoms with E-state index in [0.717, 1.165) is 10.1 Å². The number of aromatic nitrogens is 2. The van der Waals surface area contributed by atoms with Crippen LogP contribution < -0.4 is 10.9 Å². The minimum absolute atomic E-state index is 0.0402. The van der Waals surface area contributed by atoms with E-state index in [4.69, 9.17) is 5.11 Å². The Morgan fingerprint density at radius 3 is 2.70 bits per heavy atom. The second kappa shape index (κ2) is 6.60. The van der Waals surface area contributed by atoms with Crippen LogP contribution in [0.4, 0.5) is 0 Å². The van der Waals surface area contributed by atoms with Crippen LogP contribution >= 0.6 is 0 Å². The van der Waals surface area contributed by atoms with Gasteiger partial charge in [0.25, 0.3) is 5.56 Å². The number of nitrogens with zero attached hydrogens (tertiary/aromatic N) is 2. The molecule has 0 aliphatic rings. The van der Waals surface area contributed by atoms with Crippen molar-refractivity contribution in [3.8, 4) is 0 Å². The van der Waals surface area contributed by atoms with Crippen LogP contribution in [0.5, 0.6) is 0 Å². The molecule has 0 spiro atoms. The lowest BCUT2D eigenvalue weighted by Gasteiger charge is -2.25. The lowest BCUT2D eigenvalue weighted by Crippen LogP contribution is -2.46. The summed E-state index contributed by atoms with van der Waals surface area (Å²) >= 11 is 0. The van der Waals surface area contributed by atoms with Gasteiger partial charge in [-0.25, -0.2) is 4.68 Å². The largest absolute Gasteiger partial charge is 0.481 e. The second-order valence-corrected chi connectivity index (χ2v) is 6.02. The number of carboxylic acid groups (broad SMARTS) is 1. The molecule has 2 rings (SSSR count). The van der Waals surface area contributed by atoms with E-state index in [-0.39, 0.29) is 24.4 Å². The van der Waals surface area contributed by atoms with Crippen molar-refractivity contribution < 1.29 is 14.7 Å². The summed E-state index contributed by atoms with van der Waals surface area (Å²) in [6.07, 6.45) is 1.80. The van der Waals surface area contributed by atoms with E-state index in [0.29, 0.717) is 11.8 Å². The van der Waals surface area contributed by atoms with Crippen molar-refractivity contribution in [2.45, 2.75) is 38.8 Å². The fraction of sp³-hybridized carbons (Fsp3) is 0.375. The number of carboxylic acids is 1. The molecule has 0 fully saturated rings. The molecule has 2 N–H and O–H groups in total. The smallest absolute Gasteiger partial charge is 0.303 e. The zero-order valence-electron chi connectivity index (χ0n) is 13.1. The van der Waals surface area contributed by atoms with Crippen LogP contribution in [-0.2, 0) is 16.1 Å². The molecule has 0 aliphatic heterocycles. The van der Waals surface area contributed by atoms with Gasteiger partial charge < -0.3 is 10.4 Å². The molecule has 7 heteroatoms. The van der Waals surface area contributed by atoms with E-state index >= 15 is 0 Å². The Hall–Kier alpha value is -2.70. The van der Waals surface area contributed by atoms with Gasteiger partial charge in [0.15, 0.2) is 0 Å². The van der Waals surface area contributed by atoms with Crippen LogP contribution in [0.25, 0.3) is 10.8 Å². The van der Waals surface area contributed by atoms with Gasteiger partial charge in [-0.3, -0.25) is 14.4 Å². The Labute approximate surface area is 132 Å². The molecule has 0 aliphatic carbocycles. The predicted molar refractivity (Wildman–Crippen MR) is 85.1 cm³/mol. The van der Waals surface area contributed by atoms with Crippen molar-refractivity contribution in [1.29, 1.82) is 0 Å². The van der Waals surface area contributed by atoms with Gasteiger partial charge in [-0.2, -0.15) is 5.10 Å². The highest BCUT2D eigenvalue weighted by Crippen LogP contribution is 2.11. The first-order valence-electron chi connectivity index (χ1n) is 7.26. The third kappa shape index (κ3) is 4.38. The molecule has 122 valence electrons. The number of aliphatic carboxylic acids is 1. The maximum atomic E-state index is 12.3. The normalized spacial score (nSPS) is 11.4. The molecule has 1 aromatic carbocycles. The van der Waals surface area contributed by atoms with E-state index in [1.54, 1.807) is 38.2 Å². The number of carbonyl (C=O) groups is 2. The maximum absolute atomic E-state index is 12.3. The van der Waals surface area contributed by atoms with Crippen molar-refractivity contribution in [3.05, 3.63) is 40.8 Å². The van der Waals surface area contributed by atoms with Gasteiger partial charge in [-0.15, -0.1) is 0 Å².